The van der Waals surface area contributed by atoms with Crippen molar-refractivity contribution in [1.29, 1.82) is 0 Å². The van der Waals surface area contributed by atoms with Crippen LogP contribution in [-0.4, -0.2) is 15.8 Å². The summed E-state index contributed by atoms with van der Waals surface area (Å²) in [5.41, 5.74) is 1.16. The molecule has 0 atom stereocenters. The predicted molar refractivity (Wildman–Crippen MR) is 53.6 cm³/mol. The zero-order chi connectivity index (χ0) is 9.30. The predicted octanol–water partition coefficient (Wildman–Crippen LogP) is 2.67. The molecule has 0 amide bonds. The van der Waals surface area contributed by atoms with Crippen LogP contribution in [0.3, 0.4) is 0 Å². The van der Waals surface area contributed by atoms with Gasteiger partial charge in [-0.2, -0.15) is 11.8 Å². The first-order valence-corrected chi connectivity index (χ1v) is 5.24. The summed E-state index contributed by atoms with van der Waals surface area (Å²) in [5.74, 6) is 1.47. The zero-order valence-corrected chi connectivity index (χ0v) is 18.9. The van der Waals surface area contributed by atoms with E-state index in [9.17, 15) is 0 Å². The summed E-state index contributed by atoms with van der Waals surface area (Å²) in [7, 11) is 3.93. The van der Waals surface area contributed by atoms with E-state index in [0.717, 1.165) is 11.5 Å². The second-order valence-electron chi connectivity index (χ2n) is 3.14. The van der Waals surface area contributed by atoms with E-state index in [1.165, 1.54) is 5.03 Å². The fourth-order valence-corrected chi connectivity index (χ4v) is 2.00. The van der Waals surface area contributed by atoms with Crippen LogP contribution in [0, 0.1) is 14.0 Å². The van der Waals surface area contributed by atoms with Crippen molar-refractivity contribution < 1.29 is 63.2 Å². The zero-order valence-electron chi connectivity index (χ0n) is 9.31. The molecule has 0 spiro atoms. The second kappa shape index (κ2) is 9.52. The van der Waals surface area contributed by atoms with Crippen molar-refractivity contribution in [3.63, 3.8) is 0 Å². The van der Waals surface area contributed by atoms with Crippen molar-refractivity contribution in [1.82, 2.24) is 9.55 Å². The van der Waals surface area contributed by atoms with Crippen LogP contribution in [0.4, 0.5) is 0 Å². The minimum absolute atomic E-state index is 0. The molecule has 0 aliphatic carbocycles. The van der Waals surface area contributed by atoms with Crippen molar-refractivity contribution >= 4 is 11.8 Å². The van der Waals surface area contributed by atoms with Gasteiger partial charge in [-0.1, -0.05) is 20.8 Å². The van der Waals surface area contributed by atoms with Gasteiger partial charge in [-0.15, -0.1) is 7.05 Å². The summed E-state index contributed by atoms with van der Waals surface area (Å²) < 4.78 is 1.90. The number of hydrogen-bond donors (Lipinski definition) is 0. The van der Waals surface area contributed by atoms with Gasteiger partial charge in [0.05, 0.1) is 0 Å². The third-order valence-corrected chi connectivity index (χ3v) is 2.69. The monoisotopic (exact) mass is 735 g/mol. The molecule has 1 aromatic rings. The Morgan fingerprint density at radius 3 is 2.00 bits per heavy atom. The summed E-state index contributed by atoms with van der Waals surface area (Å²) >= 11 is 1.71. The van der Waals surface area contributed by atoms with Crippen LogP contribution in [0.1, 0.15) is 31.3 Å². The quantitative estimate of drug-likeness (QED) is 0.344. The molecule has 15 heavy (non-hydrogen) atoms. The van der Waals surface area contributed by atoms with Gasteiger partial charge in [-0.25, -0.2) is 0 Å². The van der Waals surface area contributed by atoms with Gasteiger partial charge in [-0.05, 0) is 17.2 Å². The molecule has 1 aromatic heterocycles. The van der Waals surface area contributed by atoms with Gasteiger partial charge >= 0.3 is 0 Å². The fourth-order valence-electron chi connectivity index (χ4n) is 1.16. The molecule has 0 N–H and O–H groups in total. The summed E-state index contributed by atoms with van der Waals surface area (Å²) in [6.45, 7) is 6.29. The van der Waals surface area contributed by atoms with Gasteiger partial charge in [0.25, 0.3) is 0 Å². The van der Waals surface area contributed by atoms with E-state index in [4.69, 9.17) is 0 Å². The first-order valence-electron chi connectivity index (χ1n) is 4.02. The molecule has 0 fully saturated rings. The van der Waals surface area contributed by atoms with E-state index in [-0.39, 0.29) is 63.2 Å². The van der Waals surface area contributed by atoms with Gasteiger partial charge in [0.15, 0.2) is 0 Å². The molecule has 1 heterocycles. The maximum absolute atomic E-state index is 4.46. The van der Waals surface area contributed by atoms with E-state index >= 15 is 0 Å². The molecule has 0 aliphatic rings. The normalized spacial score (nSPS) is 8.87. The molecular formula is C9H15N2SW3-. The average Bonchev–Trinajstić information content (AvgIpc) is 2.29. The molecule has 0 bridgehead atoms. The number of aromatic nitrogens is 2. The number of nitrogens with zero attached hydrogens (tertiary/aromatic N) is 2. The molecule has 0 saturated carbocycles. The third-order valence-electron chi connectivity index (χ3n) is 1.88. The second-order valence-corrected chi connectivity index (χ2v) is 3.93. The summed E-state index contributed by atoms with van der Waals surface area (Å²) in [4.78, 5) is 4.46. The van der Waals surface area contributed by atoms with E-state index in [1.807, 2.05) is 11.5 Å². The largest absolute Gasteiger partial charge is 0.464 e. The van der Waals surface area contributed by atoms with Crippen LogP contribution in [0.25, 0.3) is 0 Å². The Labute approximate surface area is 140 Å². The molecule has 0 saturated heterocycles. The molecule has 2 nitrogen and oxygen atoms in total. The topological polar surface area (TPSA) is 17.8 Å². The maximum Gasteiger partial charge on any atom is 0.00507 e. The molecule has 0 aromatic carbocycles. The Kier molecular flexibility index (Phi) is 13.8. The summed E-state index contributed by atoms with van der Waals surface area (Å²) in [6, 6.07) is 0. The van der Waals surface area contributed by atoms with Gasteiger partial charge < -0.3 is 9.55 Å². The van der Waals surface area contributed by atoms with E-state index in [2.05, 4.69) is 32.1 Å². The third kappa shape index (κ3) is 5.11. The Balaban J connectivity index is -0.000000480. The van der Waals surface area contributed by atoms with Gasteiger partial charge in [0, 0.05) is 74.7 Å². The fraction of sp³-hybridized carbons (Fsp3) is 0.556. The smallest absolute Gasteiger partial charge is 0.00507 e. The SMILES string of the molecule is [CH2-]n1c(C)nc(C(C)C)c1SC.[W].[W].[W]. The molecule has 0 aliphatic heterocycles. The van der Waals surface area contributed by atoms with E-state index in [0.29, 0.717) is 5.92 Å². The van der Waals surface area contributed by atoms with Gasteiger partial charge in [-0.3, -0.25) is 0 Å². The van der Waals surface area contributed by atoms with Crippen molar-refractivity contribution in [2.75, 3.05) is 6.26 Å². The van der Waals surface area contributed by atoms with Crippen LogP contribution >= 0.6 is 11.8 Å². The standard InChI is InChI=1S/C9H15N2S.3W/c1-6(2)8-9(12-5)11(4)7(3)10-8;;;/h6H,4H2,1-3,5H3;;;/q-1;;;. The summed E-state index contributed by atoms with van der Waals surface area (Å²) in [5, 5.41) is 1.18. The number of aryl methyl sites for hydroxylation is 1. The van der Waals surface area contributed by atoms with Crippen LogP contribution in [0.15, 0.2) is 5.03 Å². The molecule has 0 unspecified atom stereocenters. The Bertz CT molecular complexity index is 287. The van der Waals surface area contributed by atoms with E-state index in [1.54, 1.807) is 11.8 Å². The van der Waals surface area contributed by atoms with Crippen molar-refractivity contribution in [3.8, 4) is 0 Å². The minimum atomic E-state index is 0. The molecule has 0 radical (unpaired) electrons. The Morgan fingerprint density at radius 1 is 1.27 bits per heavy atom. The molecule has 6 heteroatoms. The maximum atomic E-state index is 4.46. The molecular weight excluding hydrogens is 720 g/mol. The molecule has 1 rings (SSSR count). The van der Waals surface area contributed by atoms with Crippen LogP contribution < -0.4 is 0 Å². The van der Waals surface area contributed by atoms with Crippen molar-refractivity contribution in [3.05, 3.63) is 18.6 Å². The van der Waals surface area contributed by atoms with Gasteiger partial charge in [0.2, 0.25) is 0 Å². The Hall–Kier alpha value is 1.49. The average molecular weight is 735 g/mol. The van der Waals surface area contributed by atoms with Crippen molar-refractivity contribution in [2.45, 2.75) is 31.7 Å². The van der Waals surface area contributed by atoms with Crippen LogP contribution in [-0.2, 0) is 63.2 Å². The van der Waals surface area contributed by atoms with Crippen LogP contribution in [0.5, 0.6) is 0 Å². The van der Waals surface area contributed by atoms with Crippen molar-refractivity contribution in [2.24, 2.45) is 0 Å². The minimum Gasteiger partial charge on any atom is -0.464 e. The number of hydrogen-bond acceptors (Lipinski definition) is 2. The number of thioether (sulfide) groups is 1. The van der Waals surface area contributed by atoms with Crippen LogP contribution in [0.2, 0.25) is 0 Å². The first-order chi connectivity index (χ1) is 5.57. The number of imidazole rings is 1. The molecule has 86 valence electrons. The Morgan fingerprint density at radius 2 is 1.73 bits per heavy atom. The van der Waals surface area contributed by atoms with E-state index < -0.39 is 0 Å². The summed E-state index contributed by atoms with van der Waals surface area (Å²) in [6.07, 6.45) is 2.06. The van der Waals surface area contributed by atoms with Gasteiger partial charge in [0.1, 0.15) is 0 Å². The first kappa shape index (κ1) is 21.7. The number of rotatable bonds is 2.